The van der Waals surface area contributed by atoms with Crippen molar-refractivity contribution in [1.82, 2.24) is 0 Å². The summed E-state index contributed by atoms with van der Waals surface area (Å²) in [6, 6.07) is 8.17. The topological polar surface area (TPSA) is 0 Å². The van der Waals surface area contributed by atoms with Crippen molar-refractivity contribution in [2.75, 3.05) is 12.5 Å². The van der Waals surface area contributed by atoms with E-state index in [-0.39, 0.29) is 0 Å². The van der Waals surface area contributed by atoms with Gasteiger partial charge in [0.2, 0.25) is 0 Å². The molecule has 2 aromatic rings. The molecule has 0 aliphatic heterocycles. The maximum Gasteiger partial charge on any atom is 0.0496 e. The minimum atomic E-state index is -1.14. The highest BCUT2D eigenvalue weighted by Gasteiger charge is 2.42. The smallest absolute Gasteiger partial charge is 0.0496 e. The van der Waals surface area contributed by atoms with E-state index < -0.39 is 10.0 Å². The van der Waals surface area contributed by atoms with Gasteiger partial charge in [0.25, 0.3) is 0 Å². The number of benzene rings is 2. The highest BCUT2D eigenvalue weighted by molar-refractivity contribution is 8.33. The number of aryl methyl sites for hydroxylation is 1. The Morgan fingerprint density at radius 3 is 1.78 bits per heavy atom. The molecule has 4 rings (SSSR count). The minimum absolute atomic E-state index is 0.335. The zero-order valence-corrected chi connectivity index (χ0v) is 19.2. The van der Waals surface area contributed by atoms with Crippen molar-refractivity contribution in [3.8, 4) is 0 Å². The molecule has 0 saturated carbocycles. The second-order valence-corrected chi connectivity index (χ2v) is 13.3. The van der Waals surface area contributed by atoms with Crippen LogP contribution in [0.4, 0.5) is 0 Å². The molecule has 0 amide bonds. The molecule has 2 aromatic carbocycles. The summed E-state index contributed by atoms with van der Waals surface area (Å²) in [7, 11) is -1.14. The summed E-state index contributed by atoms with van der Waals surface area (Å²) in [5, 5.41) is 2.98. The standard InChI is InChI=1S/C23H23Cl3S/c1-12-6-15(24)9-19-17(12)7-13(2)22(19)27(4,5)23-14(3)8-18-20(23)10-16(25)11-21(18)26/h6-11,22-23H,1-5H3. The van der Waals surface area contributed by atoms with Crippen LogP contribution in [0.15, 0.2) is 35.4 Å². The van der Waals surface area contributed by atoms with Gasteiger partial charge in [-0.1, -0.05) is 58.1 Å². The summed E-state index contributed by atoms with van der Waals surface area (Å²) in [5.74, 6) is 0. The average Bonchev–Trinajstić information content (AvgIpc) is 3.04. The number of hydrogen-bond donors (Lipinski definition) is 0. The van der Waals surface area contributed by atoms with E-state index in [1.807, 2.05) is 6.07 Å². The molecule has 0 spiro atoms. The van der Waals surface area contributed by atoms with Gasteiger partial charge in [-0.15, -0.1) is 0 Å². The quantitative estimate of drug-likeness (QED) is 0.441. The SMILES string of the molecule is CC1=Cc2c(C)cc(Cl)cc2C1S(C)(C)C1C(C)=Cc2c(Cl)cc(Cl)cc21. The molecule has 2 atom stereocenters. The van der Waals surface area contributed by atoms with Crippen LogP contribution < -0.4 is 0 Å². The summed E-state index contributed by atoms with van der Waals surface area (Å²) in [6.45, 7) is 6.63. The van der Waals surface area contributed by atoms with Crippen LogP contribution in [0, 0.1) is 6.92 Å². The highest BCUT2D eigenvalue weighted by atomic mass is 35.5. The van der Waals surface area contributed by atoms with Crippen molar-refractivity contribution in [3.05, 3.63) is 78.3 Å². The first-order chi connectivity index (χ1) is 12.6. The van der Waals surface area contributed by atoms with Crippen molar-refractivity contribution in [3.63, 3.8) is 0 Å². The third-order valence-electron chi connectivity index (χ3n) is 5.86. The number of rotatable bonds is 2. The fraction of sp³-hybridized carbons (Fsp3) is 0.304. The lowest BCUT2D eigenvalue weighted by Gasteiger charge is -2.46. The molecule has 0 saturated heterocycles. The molecular formula is C23H23Cl3S. The van der Waals surface area contributed by atoms with Crippen molar-refractivity contribution < 1.29 is 0 Å². The molecule has 2 unspecified atom stereocenters. The molecule has 142 valence electrons. The molecule has 0 fully saturated rings. The lowest BCUT2D eigenvalue weighted by molar-refractivity contribution is 1.06. The third kappa shape index (κ3) is 2.99. The molecule has 2 aliphatic carbocycles. The normalized spacial score (nSPS) is 21.6. The minimum Gasteiger partial charge on any atom is -0.226 e. The van der Waals surface area contributed by atoms with Gasteiger partial charge in [-0.05, 0) is 85.4 Å². The average molecular weight is 438 g/mol. The summed E-state index contributed by atoms with van der Waals surface area (Å²) in [6.07, 6.45) is 9.46. The molecule has 4 heteroatoms. The Morgan fingerprint density at radius 1 is 0.704 bits per heavy atom. The number of halogens is 3. The van der Waals surface area contributed by atoms with E-state index in [2.05, 4.69) is 63.6 Å². The van der Waals surface area contributed by atoms with Crippen molar-refractivity contribution in [2.45, 2.75) is 31.3 Å². The molecule has 27 heavy (non-hydrogen) atoms. The van der Waals surface area contributed by atoms with Gasteiger partial charge >= 0.3 is 0 Å². The van der Waals surface area contributed by atoms with Gasteiger partial charge in [-0.25, -0.2) is 10.0 Å². The molecule has 0 N–H and O–H groups in total. The Kier molecular flexibility index (Phi) is 4.75. The second-order valence-electron chi connectivity index (χ2n) is 8.14. The first-order valence-electron chi connectivity index (χ1n) is 8.97. The summed E-state index contributed by atoms with van der Waals surface area (Å²) in [5.41, 5.74) is 9.15. The van der Waals surface area contributed by atoms with Crippen LogP contribution in [0.2, 0.25) is 15.1 Å². The summed E-state index contributed by atoms with van der Waals surface area (Å²) in [4.78, 5) is 0. The van der Waals surface area contributed by atoms with Gasteiger partial charge < -0.3 is 0 Å². The number of fused-ring (bicyclic) bond motifs is 2. The van der Waals surface area contributed by atoms with Gasteiger partial charge in [0.1, 0.15) is 0 Å². The van der Waals surface area contributed by atoms with Crippen LogP contribution in [-0.2, 0) is 0 Å². The Balaban J connectivity index is 1.88. The zero-order chi connectivity index (χ0) is 19.7. The van der Waals surface area contributed by atoms with E-state index in [0.717, 1.165) is 15.6 Å². The highest BCUT2D eigenvalue weighted by Crippen LogP contribution is 2.72. The zero-order valence-electron chi connectivity index (χ0n) is 16.2. The van der Waals surface area contributed by atoms with Crippen LogP contribution in [0.25, 0.3) is 12.2 Å². The lowest BCUT2D eigenvalue weighted by Crippen LogP contribution is -2.16. The van der Waals surface area contributed by atoms with Gasteiger partial charge in [0.05, 0.1) is 0 Å². The first-order valence-corrected chi connectivity index (χ1v) is 12.7. The first kappa shape index (κ1) is 19.5. The van der Waals surface area contributed by atoms with Crippen LogP contribution in [-0.4, -0.2) is 12.5 Å². The number of hydrogen-bond acceptors (Lipinski definition) is 0. The van der Waals surface area contributed by atoms with Crippen LogP contribution in [0.3, 0.4) is 0 Å². The van der Waals surface area contributed by atoms with E-state index in [1.165, 1.54) is 33.4 Å². The largest absolute Gasteiger partial charge is 0.226 e. The molecule has 0 radical (unpaired) electrons. The van der Waals surface area contributed by atoms with E-state index in [0.29, 0.717) is 15.5 Å². The third-order valence-corrected chi connectivity index (χ3v) is 10.3. The van der Waals surface area contributed by atoms with E-state index in [4.69, 9.17) is 34.8 Å². The van der Waals surface area contributed by atoms with Crippen molar-refractivity contribution >= 4 is 57.0 Å². The van der Waals surface area contributed by atoms with E-state index >= 15 is 0 Å². The predicted molar refractivity (Wildman–Crippen MR) is 125 cm³/mol. The monoisotopic (exact) mass is 436 g/mol. The molecule has 0 heterocycles. The van der Waals surface area contributed by atoms with Crippen LogP contribution in [0.5, 0.6) is 0 Å². The second kappa shape index (κ2) is 6.59. The van der Waals surface area contributed by atoms with Gasteiger partial charge in [0, 0.05) is 25.6 Å². The lowest BCUT2D eigenvalue weighted by atomic mass is 10.0. The van der Waals surface area contributed by atoms with E-state index in [1.54, 1.807) is 0 Å². The fourth-order valence-corrected chi connectivity index (χ4v) is 9.88. The Labute approximate surface area is 178 Å². The predicted octanol–water partition coefficient (Wildman–Crippen LogP) is 8.64. The molecular weight excluding hydrogens is 415 g/mol. The molecule has 0 aromatic heterocycles. The molecule has 0 bridgehead atoms. The summed E-state index contributed by atoms with van der Waals surface area (Å²) < 4.78 is 0. The Hall–Kier alpha value is -0.860. The maximum atomic E-state index is 6.52. The fourth-order valence-electron chi connectivity index (χ4n) is 5.01. The summed E-state index contributed by atoms with van der Waals surface area (Å²) >= 11 is 19.3. The molecule has 0 nitrogen and oxygen atoms in total. The molecule has 2 aliphatic rings. The van der Waals surface area contributed by atoms with Gasteiger partial charge in [0.15, 0.2) is 0 Å². The van der Waals surface area contributed by atoms with Crippen molar-refractivity contribution in [1.29, 1.82) is 0 Å². The van der Waals surface area contributed by atoms with Crippen molar-refractivity contribution in [2.24, 2.45) is 0 Å². The van der Waals surface area contributed by atoms with Gasteiger partial charge in [-0.2, -0.15) is 0 Å². The van der Waals surface area contributed by atoms with Crippen LogP contribution >= 0.6 is 44.8 Å². The van der Waals surface area contributed by atoms with E-state index in [9.17, 15) is 0 Å². The van der Waals surface area contributed by atoms with Crippen LogP contribution in [0.1, 0.15) is 52.2 Å². The maximum absolute atomic E-state index is 6.52. The Bertz CT molecular complexity index is 949. The van der Waals surface area contributed by atoms with Gasteiger partial charge in [-0.3, -0.25) is 0 Å². The Morgan fingerprint density at radius 2 is 1.19 bits per heavy atom.